The van der Waals surface area contributed by atoms with Gasteiger partial charge in [-0.2, -0.15) is 0 Å². The molecule has 0 spiro atoms. The van der Waals surface area contributed by atoms with Gasteiger partial charge in [0.1, 0.15) is 0 Å². The molecule has 0 saturated carbocycles. The number of carboxylic acid groups (broad SMARTS) is 1. The maximum absolute atomic E-state index is 12.1. The van der Waals surface area contributed by atoms with E-state index in [9.17, 15) is 14.7 Å². The third-order valence-electron chi connectivity index (χ3n) is 5.16. The zero-order chi connectivity index (χ0) is 18.9. The molecular formula is C23H19NO3. The van der Waals surface area contributed by atoms with Gasteiger partial charge in [-0.3, -0.25) is 4.79 Å². The van der Waals surface area contributed by atoms with Crippen LogP contribution in [0.25, 0.3) is 6.08 Å². The topological polar surface area (TPSA) is 57.6 Å². The van der Waals surface area contributed by atoms with Crippen molar-refractivity contribution in [1.82, 2.24) is 0 Å². The number of carbonyl (C=O) groups excluding carboxylic acids is 1. The standard InChI is InChI=1S/C23H19NO3/c25-19-12-13-23(20(15-19)22(26)27,18-9-2-1-3-10-18)16-24-14-6-8-17-7-4-5-11-21(17)24/h1-13,15H,14,16H2,(H,26,27). The summed E-state index contributed by atoms with van der Waals surface area (Å²) in [6, 6.07) is 17.6. The molecule has 1 heterocycles. The molecule has 2 aromatic carbocycles. The van der Waals surface area contributed by atoms with Crippen LogP contribution in [0.5, 0.6) is 0 Å². The molecule has 1 aliphatic heterocycles. The van der Waals surface area contributed by atoms with E-state index in [1.807, 2.05) is 54.6 Å². The monoisotopic (exact) mass is 357 g/mol. The summed E-state index contributed by atoms with van der Waals surface area (Å²) in [5, 5.41) is 9.89. The van der Waals surface area contributed by atoms with Crippen LogP contribution in [-0.2, 0) is 15.0 Å². The Balaban J connectivity index is 1.85. The molecular weight excluding hydrogens is 338 g/mol. The minimum absolute atomic E-state index is 0.105. The fourth-order valence-corrected chi connectivity index (χ4v) is 3.87. The molecule has 134 valence electrons. The minimum atomic E-state index is -1.07. The summed E-state index contributed by atoms with van der Waals surface area (Å²) in [7, 11) is 0. The number of ketones is 1. The lowest BCUT2D eigenvalue weighted by molar-refractivity contribution is -0.133. The second kappa shape index (κ2) is 6.72. The van der Waals surface area contributed by atoms with Gasteiger partial charge in [-0.1, -0.05) is 66.8 Å². The van der Waals surface area contributed by atoms with E-state index in [0.717, 1.165) is 16.8 Å². The van der Waals surface area contributed by atoms with Gasteiger partial charge in [-0.15, -0.1) is 0 Å². The number of nitrogens with zero attached hydrogens (tertiary/aromatic N) is 1. The van der Waals surface area contributed by atoms with Crippen molar-refractivity contribution in [3.05, 3.63) is 95.6 Å². The van der Waals surface area contributed by atoms with E-state index in [4.69, 9.17) is 0 Å². The third kappa shape index (κ3) is 2.99. The fraction of sp³-hybridized carbons (Fsp3) is 0.130. The van der Waals surface area contributed by atoms with Gasteiger partial charge in [-0.25, -0.2) is 4.79 Å². The molecule has 27 heavy (non-hydrogen) atoms. The highest BCUT2D eigenvalue weighted by atomic mass is 16.4. The van der Waals surface area contributed by atoms with Crippen molar-refractivity contribution in [2.45, 2.75) is 5.41 Å². The van der Waals surface area contributed by atoms with E-state index in [1.165, 1.54) is 12.2 Å². The van der Waals surface area contributed by atoms with Gasteiger partial charge in [0.25, 0.3) is 0 Å². The smallest absolute Gasteiger partial charge is 0.333 e. The Morgan fingerprint density at radius 3 is 2.56 bits per heavy atom. The molecule has 1 aliphatic carbocycles. The number of allylic oxidation sites excluding steroid dienone is 2. The zero-order valence-electron chi connectivity index (χ0n) is 14.7. The molecule has 4 rings (SSSR count). The average Bonchev–Trinajstić information content (AvgIpc) is 2.70. The van der Waals surface area contributed by atoms with Crippen molar-refractivity contribution in [3.63, 3.8) is 0 Å². The van der Waals surface area contributed by atoms with E-state index in [0.29, 0.717) is 13.1 Å². The molecule has 0 saturated heterocycles. The van der Waals surface area contributed by atoms with Crippen LogP contribution in [-0.4, -0.2) is 29.9 Å². The van der Waals surface area contributed by atoms with E-state index in [1.54, 1.807) is 6.08 Å². The van der Waals surface area contributed by atoms with E-state index in [-0.39, 0.29) is 11.4 Å². The van der Waals surface area contributed by atoms with Gasteiger partial charge >= 0.3 is 5.97 Å². The molecule has 0 bridgehead atoms. The Morgan fingerprint density at radius 2 is 1.78 bits per heavy atom. The maximum atomic E-state index is 12.1. The van der Waals surface area contributed by atoms with Gasteiger partial charge in [0, 0.05) is 18.8 Å². The van der Waals surface area contributed by atoms with Gasteiger partial charge < -0.3 is 10.0 Å². The van der Waals surface area contributed by atoms with Crippen molar-refractivity contribution in [1.29, 1.82) is 0 Å². The van der Waals surface area contributed by atoms with E-state index in [2.05, 4.69) is 17.1 Å². The summed E-state index contributed by atoms with van der Waals surface area (Å²) in [5.74, 6) is -1.37. The predicted octanol–water partition coefficient (Wildman–Crippen LogP) is 3.61. The molecule has 0 aromatic heterocycles. The normalized spacial score (nSPS) is 21.0. The number of hydrogen-bond donors (Lipinski definition) is 1. The summed E-state index contributed by atoms with van der Waals surface area (Å²) in [4.78, 5) is 26.2. The highest BCUT2D eigenvalue weighted by Crippen LogP contribution is 2.39. The van der Waals surface area contributed by atoms with Gasteiger partial charge in [0.05, 0.1) is 11.0 Å². The Bertz CT molecular complexity index is 988. The number of carboxylic acids is 1. The molecule has 0 amide bonds. The number of para-hydroxylation sites is 1. The fourth-order valence-electron chi connectivity index (χ4n) is 3.87. The molecule has 4 heteroatoms. The van der Waals surface area contributed by atoms with Crippen LogP contribution < -0.4 is 4.90 Å². The quantitative estimate of drug-likeness (QED) is 0.908. The number of rotatable bonds is 4. The van der Waals surface area contributed by atoms with Crippen molar-refractivity contribution >= 4 is 23.5 Å². The molecule has 0 fully saturated rings. The summed E-state index contributed by atoms with van der Waals surface area (Å²) in [6.45, 7) is 1.11. The SMILES string of the molecule is O=C1C=CC(CN2CC=Cc3ccccc32)(c2ccccc2)C(C(=O)O)=C1. The highest BCUT2D eigenvalue weighted by Gasteiger charge is 2.42. The number of hydrogen-bond acceptors (Lipinski definition) is 3. The molecule has 0 radical (unpaired) electrons. The summed E-state index contributed by atoms with van der Waals surface area (Å²) in [6.07, 6.45) is 8.62. The first kappa shape index (κ1) is 17.0. The molecule has 1 unspecified atom stereocenters. The Morgan fingerprint density at radius 1 is 1.04 bits per heavy atom. The lowest BCUT2D eigenvalue weighted by Gasteiger charge is -2.40. The van der Waals surface area contributed by atoms with Crippen molar-refractivity contribution in [2.75, 3.05) is 18.0 Å². The largest absolute Gasteiger partial charge is 0.478 e. The third-order valence-corrected chi connectivity index (χ3v) is 5.16. The van der Waals surface area contributed by atoms with Crippen LogP contribution >= 0.6 is 0 Å². The average molecular weight is 357 g/mol. The lowest BCUT2D eigenvalue weighted by Crippen LogP contribution is -2.45. The summed E-state index contributed by atoms with van der Waals surface area (Å²) >= 11 is 0. The number of carbonyl (C=O) groups is 2. The van der Waals surface area contributed by atoms with Crippen molar-refractivity contribution < 1.29 is 14.7 Å². The molecule has 2 aliphatic rings. The number of aliphatic carboxylic acids is 1. The first-order valence-corrected chi connectivity index (χ1v) is 8.85. The maximum Gasteiger partial charge on any atom is 0.333 e. The summed E-state index contributed by atoms with van der Waals surface area (Å²) < 4.78 is 0. The molecule has 1 atom stereocenters. The number of fused-ring (bicyclic) bond motifs is 1. The van der Waals surface area contributed by atoms with Crippen molar-refractivity contribution in [2.24, 2.45) is 0 Å². The second-order valence-electron chi connectivity index (χ2n) is 6.78. The van der Waals surface area contributed by atoms with Crippen LogP contribution in [0, 0.1) is 0 Å². The van der Waals surface area contributed by atoms with Gasteiger partial charge in [0.15, 0.2) is 5.78 Å². The first-order valence-electron chi connectivity index (χ1n) is 8.85. The van der Waals surface area contributed by atoms with Gasteiger partial charge in [-0.05, 0) is 29.3 Å². The van der Waals surface area contributed by atoms with Gasteiger partial charge in [0.2, 0.25) is 0 Å². The zero-order valence-corrected chi connectivity index (χ0v) is 14.7. The summed E-state index contributed by atoms with van der Waals surface area (Å²) in [5.41, 5.74) is 2.22. The van der Waals surface area contributed by atoms with Crippen LogP contribution in [0.15, 0.2) is 84.5 Å². The second-order valence-corrected chi connectivity index (χ2v) is 6.78. The molecule has 2 aromatic rings. The minimum Gasteiger partial charge on any atom is -0.478 e. The van der Waals surface area contributed by atoms with Crippen LogP contribution in [0.2, 0.25) is 0 Å². The highest BCUT2D eigenvalue weighted by molar-refractivity contribution is 6.08. The van der Waals surface area contributed by atoms with Crippen LogP contribution in [0.3, 0.4) is 0 Å². The van der Waals surface area contributed by atoms with E-state index >= 15 is 0 Å². The Hall–Kier alpha value is -3.40. The van der Waals surface area contributed by atoms with Crippen LogP contribution in [0.1, 0.15) is 11.1 Å². The van der Waals surface area contributed by atoms with Crippen molar-refractivity contribution in [3.8, 4) is 0 Å². The Labute approximate surface area is 157 Å². The van der Waals surface area contributed by atoms with E-state index < -0.39 is 11.4 Å². The number of benzene rings is 2. The first-order chi connectivity index (χ1) is 13.1. The lowest BCUT2D eigenvalue weighted by atomic mass is 9.70. The predicted molar refractivity (Wildman–Crippen MR) is 106 cm³/mol. The molecule has 4 nitrogen and oxygen atoms in total. The van der Waals surface area contributed by atoms with Crippen LogP contribution in [0.4, 0.5) is 5.69 Å². The Kier molecular flexibility index (Phi) is 4.24. The molecule has 1 N–H and O–H groups in total. The number of anilines is 1.